The van der Waals surface area contributed by atoms with Crippen molar-refractivity contribution in [3.8, 4) is 0 Å². The largest absolute Gasteiger partial charge is 0.481 e. The molecule has 0 saturated heterocycles. The van der Waals surface area contributed by atoms with Gasteiger partial charge in [-0.15, -0.1) is 0 Å². The van der Waals surface area contributed by atoms with Crippen LogP contribution in [-0.2, 0) is 4.79 Å². The highest BCUT2D eigenvalue weighted by Crippen LogP contribution is 2.33. The fourth-order valence-corrected chi connectivity index (χ4v) is 1.18. The number of hydrogen-bond donors (Lipinski definition) is 2. The molecular weight excluding hydrogens is 118 g/mol. The van der Waals surface area contributed by atoms with Crippen LogP contribution >= 0.6 is 0 Å². The summed E-state index contributed by atoms with van der Waals surface area (Å²) in [5.74, 6) is -0.575. The van der Waals surface area contributed by atoms with E-state index in [1.165, 1.54) is 0 Å². The summed E-state index contributed by atoms with van der Waals surface area (Å²) in [6.45, 7) is 0.525. The molecule has 0 radical (unpaired) electrons. The van der Waals surface area contributed by atoms with Crippen molar-refractivity contribution in [3.05, 3.63) is 0 Å². The first-order chi connectivity index (χ1) is 4.25. The molecule has 0 aromatic carbocycles. The van der Waals surface area contributed by atoms with Crippen molar-refractivity contribution in [1.82, 2.24) is 0 Å². The monoisotopic (exact) mass is 129 g/mol. The summed E-state index contributed by atoms with van der Waals surface area (Å²) in [7, 11) is 0. The molecule has 0 bridgehead atoms. The molecule has 1 saturated carbocycles. The third-order valence-corrected chi connectivity index (χ3v) is 2.04. The predicted molar refractivity (Wildman–Crippen MR) is 32.9 cm³/mol. The highest BCUT2D eigenvalue weighted by Gasteiger charge is 2.34. The van der Waals surface area contributed by atoms with Crippen LogP contribution in [0.15, 0.2) is 0 Å². The van der Waals surface area contributed by atoms with Crippen molar-refractivity contribution in [1.29, 1.82) is 0 Å². The van der Waals surface area contributed by atoms with Crippen molar-refractivity contribution in [2.75, 3.05) is 6.54 Å². The maximum atomic E-state index is 10.3. The van der Waals surface area contributed by atoms with Gasteiger partial charge in [0.25, 0.3) is 0 Å². The Morgan fingerprint density at radius 2 is 2.33 bits per heavy atom. The Bertz CT molecular complexity index is 122. The fourth-order valence-electron chi connectivity index (χ4n) is 1.18. The van der Waals surface area contributed by atoms with Gasteiger partial charge in [-0.3, -0.25) is 4.79 Å². The lowest BCUT2D eigenvalue weighted by Gasteiger charge is -2.31. The second kappa shape index (κ2) is 2.35. The third kappa shape index (κ3) is 1.05. The van der Waals surface area contributed by atoms with Gasteiger partial charge in [0.2, 0.25) is 0 Å². The zero-order chi connectivity index (χ0) is 6.85. The molecule has 0 spiro atoms. The molecule has 0 heterocycles. The lowest BCUT2D eigenvalue weighted by Crippen LogP contribution is -2.37. The van der Waals surface area contributed by atoms with E-state index in [0.29, 0.717) is 6.54 Å². The van der Waals surface area contributed by atoms with Gasteiger partial charge in [-0.05, 0) is 25.3 Å². The maximum absolute atomic E-state index is 10.3. The molecule has 0 aromatic heterocycles. The molecule has 0 aliphatic heterocycles. The lowest BCUT2D eigenvalue weighted by atomic mass is 9.74. The number of nitrogens with two attached hydrogens (primary N) is 1. The van der Waals surface area contributed by atoms with Crippen molar-refractivity contribution in [2.24, 2.45) is 17.6 Å². The summed E-state index contributed by atoms with van der Waals surface area (Å²) in [5, 5.41) is 8.48. The van der Waals surface area contributed by atoms with Crippen LogP contribution in [0.25, 0.3) is 0 Å². The minimum atomic E-state index is -0.684. The van der Waals surface area contributed by atoms with E-state index in [4.69, 9.17) is 10.8 Å². The first-order valence-electron chi connectivity index (χ1n) is 3.18. The second-order valence-corrected chi connectivity index (χ2v) is 2.52. The zero-order valence-corrected chi connectivity index (χ0v) is 5.21. The maximum Gasteiger partial charge on any atom is 0.306 e. The van der Waals surface area contributed by atoms with Gasteiger partial charge in [0.05, 0.1) is 5.92 Å². The molecule has 1 aliphatic rings. The van der Waals surface area contributed by atoms with Gasteiger partial charge in [0.15, 0.2) is 0 Å². The van der Waals surface area contributed by atoms with Gasteiger partial charge in [-0.25, -0.2) is 0 Å². The van der Waals surface area contributed by atoms with E-state index in [-0.39, 0.29) is 11.8 Å². The van der Waals surface area contributed by atoms with Crippen molar-refractivity contribution in [2.45, 2.75) is 12.8 Å². The van der Waals surface area contributed by atoms with Gasteiger partial charge in [0, 0.05) is 0 Å². The highest BCUT2D eigenvalue weighted by molar-refractivity contribution is 5.71. The Kier molecular flexibility index (Phi) is 1.71. The van der Waals surface area contributed by atoms with Crippen LogP contribution < -0.4 is 5.73 Å². The fraction of sp³-hybridized carbons (Fsp3) is 0.833. The Balaban J connectivity index is 2.35. The normalized spacial score (nSPS) is 33.4. The second-order valence-electron chi connectivity index (χ2n) is 2.52. The number of carbonyl (C=O) groups is 1. The first-order valence-corrected chi connectivity index (χ1v) is 3.18. The van der Waals surface area contributed by atoms with Gasteiger partial charge in [-0.1, -0.05) is 0 Å². The summed E-state index contributed by atoms with van der Waals surface area (Å²) in [6.07, 6.45) is 1.81. The number of carboxylic acid groups (broad SMARTS) is 1. The Labute approximate surface area is 53.9 Å². The molecule has 2 unspecified atom stereocenters. The van der Waals surface area contributed by atoms with Gasteiger partial charge in [-0.2, -0.15) is 0 Å². The van der Waals surface area contributed by atoms with Gasteiger partial charge >= 0.3 is 5.97 Å². The quantitative estimate of drug-likeness (QED) is 0.554. The summed E-state index contributed by atoms with van der Waals surface area (Å²) < 4.78 is 0. The van der Waals surface area contributed by atoms with E-state index >= 15 is 0 Å². The van der Waals surface area contributed by atoms with Crippen LogP contribution in [0.1, 0.15) is 12.8 Å². The summed E-state index contributed by atoms with van der Waals surface area (Å²) >= 11 is 0. The topological polar surface area (TPSA) is 63.3 Å². The Hall–Kier alpha value is -0.570. The van der Waals surface area contributed by atoms with Crippen molar-refractivity contribution >= 4 is 5.97 Å². The average Bonchev–Trinajstić information content (AvgIpc) is 1.61. The average molecular weight is 129 g/mol. The smallest absolute Gasteiger partial charge is 0.306 e. The van der Waals surface area contributed by atoms with Crippen LogP contribution in [0.4, 0.5) is 0 Å². The van der Waals surface area contributed by atoms with Gasteiger partial charge in [0.1, 0.15) is 0 Å². The number of rotatable bonds is 2. The molecule has 9 heavy (non-hydrogen) atoms. The van der Waals surface area contributed by atoms with Crippen LogP contribution in [-0.4, -0.2) is 17.6 Å². The molecule has 1 fully saturated rings. The predicted octanol–water partition coefficient (Wildman–Crippen LogP) is 0.0559. The molecule has 3 N–H and O–H groups in total. The van der Waals surface area contributed by atoms with Crippen molar-refractivity contribution in [3.63, 3.8) is 0 Å². The number of hydrogen-bond acceptors (Lipinski definition) is 2. The van der Waals surface area contributed by atoms with Crippen LogP contribution in [0.5, 0.6) is 0 Å². The molecule has 3 nitrogen and oxygen atoms in total. The summed E-state index contributed by atoms with van der Waals surface area (Å²) in [5.41, 5.74) is 5.30. The minimum absolute atomic E-state index is 0.144. The molecule has 1 aliphatic carbocycles. The summed E-state index contributed by atoms with van der Waals surface area (Å²) in [4.78, 5) is 10.3. The van der Waals surface area contributed by atoms with E-state index in [0.717, 1.165) is 12.8 Å². The molecular formula is C6H11NO2. The molecule has 0 aromatic rings. The molecule has 0 amide bonds. The van der Waals surface area contributed by atoms with Crippen LogP contribution in [0.2, 0.25) is 0 Å². The highest BCUT2D eigenvalue weighted by atomic mass is 16.4. The standard InChI is InChI=1S/C6H11NO2/c7-3-4-1-2-5(4)6(8)9/h4-5H,1-3,7H2,(H,8,9). The van der Waals surface area contributed by atoms with Crippen LogP contribution in [0, 0.1) is 11.8 Å². The van der Waals surface area contributed by atoms with Crippen molar-refractivity contribution < 1.29 is 9.90 Å². The van der Waals surface area contributed by atoms with E-state index in [1.54, 1.807) is 0 Å². The summed E-state index contributed by atoms with van der Waals surface area (Å²) in [6, 6.07) is 0. The van der Waals surface area contributed by atoms with Crippen LogP contribution in [0.3, 0.4) is 0 Å². The SMILES string of the molecule is NCC1CCC1C(=O)O. The molecule has 2 atom stereocenters. The third-order valence-electron chi connectivity index (χ3n) is 2.04. The van der Waals surface area contributed by atoms with E-state index in [9.17, 15) is 4.79 Å². The molecule has 52 valence electrons. The number of carboxylic acids is 1. The minimum Gasteiger partial charge on any atom is -0.481 e. The van der Waals surface area contributed by atoms with E-state index < -0.39 is 5.97 Å². The zero-order valence-electron chi connectivity index (χ0n) is 5.21. The molecule has 3 heteroatoms. The lowest BCUT2D eigenvalue weighted by molar-refractivity contribution is -0.147. The Morgan fingerprint density at radius 3 is 2.44 bits per heavy atom. The number of aliphatic carboxylic acids is 1. The Morgan fingerprint density at radius 1 is 1.67 bits per heavy atom. The van der Waals surface area contributed by atoms with E-state index in [2.05, 4.69) is 0 Å². The van der Waals surface area contributed by atoms with E-state index in [1.807, 2.05) is 0 Å². The first kappa shape index (κ1) is 6.55. The van der Waals surface area contributed by atoms with Gasteiger partial charge < -0.3 is 10.8 Å². The molecule has 1 rings (SSSR count).